The number of aliphatic hydroxyl groups is 1. The first-order valence-corrected chi connectivity index (χ1v) is 7.80. The molecular weight excluding hydrogens is 304 g/mol. The zero-order chi connectivity index (χ0) is 16.3. The Labute approximate surface area is 136 Å². The van der Waals surface area contributed by atoms with Crippen LogP contribution in [0.5, 0.6) is 5.75 Å². The summed E-state index contributed by atoms with van der Waals surface area (Å²) in [7, 11) is 1.67. The molecule has 1 heterocycles. The van der Waals surface area contributed by atoms with Crippen LogP contribution in [0.15, 0.2) is 18.2 Å². The molecule has 22 heavy (non-hydrogen) atoms. The SMILES string of the molecule is CN(CC(C)(C)O)C(=O)NC1CCCOc2cc(Cl)ccc21. The molecule has 0 aliphatic carbocycles. The highest BCUT2D eigenvalue weighted by Crippen LogP contribution is 2.33. The van der Waals surface area contributed by atoms with E-state index in [4.69, 9.17) is 16.3 Å². The fourth-order valence-corrected chi connectivity index (χ4v) is 2.77. The van der Waals surface area contributed by atoms with E-state index in [2.05, 4.69) is 5.32 Å². The van der Waals surface area contributed by atoms with E-state index in [1.165, 1.54) is 4.90 Å². The maximum atomic E-state index is 12.3. The van der Waals surface area contributed by atoms with Crippen molar-refractivity contribution in [3.05, 3.63) is 28.8 Å². The van der Waals surface area contributed by atoms with E-state index in [1.54, 1.807) is 33.0 Å². The van der Waals surface area contributed by atoms with Gasteiger partial charge in [0.2, 0.25) is 0 Å². The van der Waals surface area contributed by atoms with Crippen molar-refractivity contribution < 1.29 is 14.6 Å². The minimum Gasteiger partial charge on any atom is -0.493 e. The number of nitrogens with one attached hydrogen (secondary N) is 1. The van der Waals surface area contributed by atoms with Gasteiger partial charge in [0.05, 0.1) is 24.8 Å². The van der Waals surface area contributed by atoms with Gasteiger partial charge in [-0.15, -0.1) is 0 Å². The number of hydrogen-bond donors (Lipinski definition) is 2. The number of carbonyl (C=O) groups excluding carboxylic acids is 1. The minimum atomic E-state index is -0.927. The summed E-state index contributed by atoms with van der Waals surface area (Å²) >= 11 is 6.00. The predicted molar refractivity (Wildman–Crippen MR) is 86.4 cm³/mol. The van der Waals surface area contributed by atoms with E-state index >= 15 is 0 Å². The standard InChI is InChI=1S/C16H23ClN2O3/c1-16(2,21)10-19(3)15(20)18-13-5-4-8-22-14-9-11(17)6-7-12(13)14/h6-7,9,13,21H,4-5,8,10H2,1-3H3,(H,18,20). The number of likely N-dealkylation sites (N-methyl/N-ethyl adjacent to an activating group) is 1. The molecule has 1 atom stereocenters. The fraction of sp³-hybridized carbons (Fsp3) is 0.562. The number of benzene rings is 1. The molecule has 0 saturated heterocycles. The van der Waals surface area contributed by atoms with Gasteiger partial charge in [-0.25, -0.2) is 4.79 Å². The highest BCUT2D eigenvalue weighted by atomic mass is 35.5. The molecule has 1 unspecified atom stereocenters. The molecule has 0 fully saturated rings. The Bertz CT molecular complexity index is 543. The van der Waals surface area contributed by atoms with Crippen molar-refractivity contribution in [1.29, 1.82) is 0 Å². The first-order valence-electron chi connectivity index (χ1n) is 7.42. The Morgan fingerprint density at radius 2 is 2.27 bits per heavy atom. The Hall–Kier alpha value is -1.46. The molecule has 6 heteroatoms. The van der Waals surface area contributed by atoms with Crippen molar-refractivity contribution in [2.24, 2.45) is 0 Å². The van der Waals surface area contributed by atoms with E-state index in [0.29, 0.717) is 11.6 Å². The molecule has 0 aromatic heterocycles. The van der Waals surface area contributed by atoms with Crippen LogP contribution in [0.3, 0.4) is 0 Å². The quantitative estimate of drug-likeness (QED) is 0.897. The molecule has 122 valence electrons. The summed E-state index contributed by atoms with van der Waals surface area (Å²) in [6.45, 7) is 4.22. The predicted octanol–water partition coefficient (Wildman–Crippen LogP) is 2.97. The van der Waals surface area contributed by atoms with Gasteiger partial charge >= 0.3 is 6.03 Å². The van der Waals surface area contributed by atoms with Crippen molar-refractivity contribution >= 4 is 17.6 Å². The number of hydrogen-bond acceptors (Lipinski definition) is 3. The third-order valence-electron chi connectivity index (χ3n) is 3.51. The van der Waals surface area contributed by atoms with Crippen LogP contribution in [0, 0.1) is 0 Å². The highest BCUT2D eigenvalue weighted by Gasteiger charge is 2.25. The molecule has 0 spiro atoms. The van der Waals surface area contributed by atoms with E-state index in [-0.39, 0.29) is 18.6 Å². The van der Waals surface area contributed by atoms with Gasteiger partial charge in [-0.1, -0.05) is 17.7 Å². The molecule has 2 N–H and O–H groups in total. The van der Waals surface area contributed by atoms with E-state index < -0.39 is 5.60 Å². The average Bonchev–Trinajstić information content (AvgIpc) is 2.59. The van der Waals surface area contributed by atoms with E-state index in [0.717, 1.165) is 24.2 Å². The lowest BCUT2D eigenvalue weighted by Gasteiger charge is -2.28. The smallest absolute Gasteiger partial charge is 0.317 e. The zero-order valence-electron chi connectivity index (χ0n) is 13.2. The fourth-order valence-electron chi connectivity index (χ4n) is 2.61. The number of nitrogens with zero attached hydrogens (tertiary/aromatic N) is 1. The van der Waals surface area contributed by atoms with Gasteiger partial charge in [0.15, 0.2) is 0 Å². The van der Waals surface area contributed by atoms with Gasteiger partial charge < -0.3 is 20.1 Å². The lowest BCUT2D eigenvalue weighted by atomic mass is 10.0. The zero-order valence-corrected chi connectivity index (χ0v) is 14.0. The Morgan fingerprint density at radius 1 is 1.55 bits per heavy atom. The van der Waals surface area contributed by atoms with E-state index in [9.17, 15) is 9.90 Å². The normalized spacial score (nSPS) is 18.0. The number of ether oxygens (including phenoxy) is 1. The van der Waals surface area contributed by atoms with Crippen LogP contribution in [0.1, 0.15) is 38.3 Å². The first-order chi connectivity index (χ1) is 10.3. The van der Waals surface area contributed by atoms with Crippen LogP contribution in [0.25, 0.3) is 0 Å². The van der Waals surface area contributed by atoms with Crippen molar-refractivity contribution in [3.8, 4) is 5.75 Å². The Balaban J connectivity index is 2.11. The van der Waals surface area contributed by atoms with Crippen LogP contribution >= 0.6 is 11.6 Å². The molecule has 0 saturated carbocycles. The summed E-state index contributed by atoms with van der Waals surface area (Å²) < 4.78 is 5.69. The number of fused-ring (bicyclic) bond motifs is 1. The molecule has 0 bridgehead atoms. The summed E-state index contributed by atoms with van der Waals surface area (Å²) in [5.74, 6) is 0.723. The van der Waals surface area contributed by atoms with Crippen LogP contribution < -0.4 is 10.1 Å². The lowest BCUT2D eigenvalue weighted by Crippen LogP contribution is -2.45. The van der Waals surface area contributed by atoms with Crippen LogP contribution in [0.2, 0.25) is 5.02 Å². The Kier molecular flexibility index (Phi) is 5.19. The monoisotopic (exact) mass is 326 g/mol. The molecule has 2 rings (SSSR count). The number of amides is 2. The number of rotatable bonds is 3. The summed E-state index contributed by atoms with van der Waals surface area (Å²) in [5, 5.41) is 13.4. The second-order valence-corrected chi connectivity index (χ2v) is 6.78. The minimum absolute atomic E-state index is 0.119. The van der Waals surface area contributed by atoms with Crippen LogP contribution in [-0.4, -0.2) is 41.8 Å². The van der Waals surface area contributed by atoms with Crippen LogP contribution in [0.4, 0.5) is 4.79 Å². The summed E-state index contributed by atoms with van der Waals surface area (Å²) in [5.41, 5.74) is 0.0105. The highest BCUT2D eigenvalue weighted by molar-refractivity contribution is 6.30. The largest absolute Gasteiger partial charge is 0.493 e. The third-order valence-corrected chi connectivity index (χ3v) is 3.75. The van der Waals surface area contributed by atoms with Crippen molar-refractivity contribution in [2.75, 3.05) is 20.2 Å². The van der Waals surface area contributed by atoms with Crippen molar-refractivity contribution in [3.63, 3.8) is 0 Å². The summed E-state index contributed by atoms with van der Waals surface area (Å²) in [6.07, 6.45) is 1.66. The second kappa shape index (κ2) is 6.75. The van der Waals surface area contributed by atoms with Gasteiger partial charge in [0, 0.05) is 17.6 Å². The molecule has 0 radical (unpaired) electrons. The van der Waals surface area contributed by atoms with E-state index in [1.807, 2.05) is 6.07 Å². The van der Waals surface area contributed by atoms with Gasteiger partial charge in [-0.05, 0) is 38.8 Å². The Morgan fingerprint density at radius 3 is 2.95 bits per heavy atom. The maximum absolute atomic E-state index is 12.3. The molecule has 1 aromatic carbocycles. The number of halogens is 1. The van der Waals surface area contributed by atoms with Crippen molar-refractivity contribution in [1.82, 2.24) is 10.2 Å². The summed E-state index contributed by atoms with van der Waals surface area (Å²) in [6, 6.07) is 5.14. The number of carbonyl (C=O) groups is 1. The maximum Gasteiger partial charge on any atom is 0.317 e. The molecule has 1 aliphatic rings. The van der Waals surface area contributed by atoms with Gasteiger partial charge in [-0.3, -0.25) is 0 Å². The third kappa shape index (κ3) is 4.52. The lowest BCUT2D eigenvalue weighted by molar-refractivity contribution is 0.0527. The molecular formula is C16H23ClN2O3. The van der Waals surface area contributed by atoms with Crippen LogP contribution in [-0.2, 0) is 0 Å². The second-order valence-electron chi connectivity index (χ2n) is 6.34. The van der Waals surface area contributed by atoms with Gasteiger partial charge in [-0.2, -0.15) is 0 Å². The molecule has 1 aliphatic heterocycles. The summed E-state index contributed by atoms with van der Waals surface area (Å²) in [4.78, 5) is 13.8. The molecule has 1 aromatic rings. The topological polar surface area (TPSA) is 61.8 Å². The van der Waals surface area contributed by atoms with Gasteiger partial charge in [0.1, 0.15) is 5.75 Å². The molecule has 5 nitrogen and oxygen atoms in total. The van der Waals surface area contributed by atoms with Crippen molar-refractivity contribution in [2.45, 2.75) is 38.3 Å². The number of urea groups is 1. The molecule has 2 amide bonds. The van der Waals surface area contributed by atoms with Gasteiger partial charge in [0.25, 0.3) is 0 Å². The first kappa shape index (κ1) is 16.9. The average molecular weight is 327 g/mol.